The predicted molar refractivity (Wildman–Crippen MR) is 114 cm³/mol. The summed E-state index contributed by atoms with van der Waals surface area (Å²) in [5.41, 5.74) is 2.75. The van der Waals surface area contributed by atoms with Crippen molar-refractivity contribution in [3.8, 4) is 0 Å². The normalized spacial score (nSPS) is 10.9. The molecule has 0 spiro atoms. The molecule has 0 aliphatic carbocycles. The van der Waals surface area contributed by atoms with Gasteiger partial charge in [-0.15, -0.1) is 0 Å². The summed E-state index contributed by atoms with van der Waals surface area (Å²) in [6.07, 6.45) is 1.22. The van der Waals surface area contributed by atoms with Gasteiger partial charge in [0.2, 0.25) is 11.8 Å². The van der Waals surface area contributed by atoms with Gasteiger partial charge in [-0.3, -0.25) is 9.59 Å². The minimum Gasteiger partial charge on any atom is -0.345 e. The predicted octanol–water partition coefficient (Wildman–Crippen LogP) is 3.28. The van der Waals surface area contributed by atoms with Crippen LogP contribution in [0.3, 0.4) is 0 Å². The monoisotopic (exact) mass is 390 g/mol. The molecule has 1 heterocycles. The van der Waals surface area contributed by atoms with Crippen LogP contribution in [0.2, 0.25) is 0 Å². The number of fused-ring (bicyclic) bond motifs is 1. The Morgan fingerprint density at radius 2 is 1.83 bits per heavy atom. The van der Waals surface area contributed by atoms with Gasteiger partial charge >= 0.3 is 0 Å². The Kier molecular flexibility index (Phi) is 6.44. The minimum absolute atomic E-state index is 0.00306. The van der Waals surface area contributed by atoms with Crippen LogP contribution in [0.4, 0.5) is 0 Å². The van der Waals surface area contributed by atoms with E-state index in [2.05, 4.69) is 16.9 Å². The SMILES string of the molecule is C=CC(=O)NCc1nc2ccccc2n1CC(=O)N(Cc1ccccc1)C(C)C. The number of hydrogen-bond donors (Lipinski definition) is 1. The topological polar surface area (TPSA) is 67.2 Å². The Hall–Kier alpha value is -3.41. The van der Waals surface area contributed by atoms with E-state index < -0.39 is 0 Å². The van der Waals surface area contributed by atoms with Crippen molar-refractivity contribution in [3.05, 3.63) is 78.6 Å². The summed E-state index contributed by atoms with van der Waals surface area (Å²) in [5.74, 6) is 0.365. The van der Waals surface area contributed by atoms with Crippen LogP contribution in [0.15, 0.2) is 67.3 Å². The lowest BCUT2D eigenvalue weighted by molar-refractivity contribution is -0.134. The fourth-order valence-corrected chi connectivity index (χ4v) is 3.24. The first-order chi connectivity index (χ1) is 14.0. The van der Waals surface area contributed by atoms with E-state index in [1.54, 1.807) is 0 Å². The summed E-state index contributed by atoms with van der Waals surface area (Å²) in [4.78, 5) is 31.3. The number of nitrogens with zero attached hydrogens (tertiary/aromatic N) is 3. The molecule has 0 saturated carbocycles. The van der Waals surface area contributed by atoms with Gasteiger partial charge in [-0.25, -0.2) is 4.98 Å². The number of para-hydroxylation sites is 2. The number of benzene rings is 2. The van der Waals surface area contributed by atoms with Crippen molar-refractivity contribution < 1.29 is 9.59 Å². The second kappa shape index (κ2) is 9.19. The molecule has 0 aliphatic rings. The van der Waals surface area contributed by atoms with E-state index in [1.807, 2.05) is 77.9 Å². The van der Waals surface area contributed by atoms with Crippen molar-refractivity contribution >= 4 is 22.8 Å². The van der Waals surface area contributed by atoms with Crippen LogP contribution < -0.4 is 5.32 Å². The van der Waals surface area contributed by atoms with Crippen molar-refractivity contribution in [3.63, 3.8) is 0 Å². The molecule has 6 heteroatoms. The molecule has 0 bridgehead atoms. The molecule has 3 rings (SSSR count). The van der Waals surface area contributed by atoms with E-state index in [-0.39, 0.29) is 30.9 Å². The van der Waals surface area contributed by atoms with E-state index >= 15 is 0 Å². The number of imidazole rings is 1. The minimum atomic E-state index is -0.275. The van der Waals surface area contributed by atoms with Gasteiger partial charge in [0.1, 0.15) is 12.4 Å². The highest BCUT2D eigenvalue weighted by molar-refractivity contribution is 5.87. The molecule has 0 unspecified atom stereocenters. The summed E-state index contributed by atoms with van der Waals surface area (Å²) in [5, 5.41) is 2.75. The summed E-state index contributed by atoms with van der Waals surface area (Å²) in [7, 11) is 0. The van der Waals surface area contributed by atoms with Crippen LogP contribution >= 0.6 is 0 Å². The molecular weight excluding hydrogens is 364 g/mol. The number of carbonyl (C=O) groups is 2. The van der Waals surface area contributed by atoms with Crippen molar-refractivity contribution in [2.24, 2.45) is 0 Å². The standard InChI is InChI=1S/C23H26N4O2/c1-4-22(28)24-14-21-25-19-12-8-9-13-20(19)27(21)16-23(29)26(17(2)3)15-18-10-6-5-7-11-18/h4-13,17H,1,14-16H2,2-3H3,(H,24,28). The maximum absolute atomic E-state index is 13.2. The number of nitrogens with one attached hydrogen (secondary N) is 1. The van der Waals surface area contributed by atoms with Gasteiger partial charge in [-0.05, 0) is 37.6 Å². The second-order valence-corrected chi connectivity index (χ2v) is 7.13. The van der Waals surface area contributed by atoms with Crippen molar-refractivity contribution in [2.75, 3.05) is 0 Å². The van der Waals surface area contributed by atoms with Gasteiger partial charge in [0.15, 0.2) is 0 Å². The van der Waals surface area contributed by atoms with Crippen LogP contribution in [0, 0.1) is 0 Å². The van der Waals surface area contributed by atoms with E-state index in [4.69, 9.17) is 0 Å². The first-order valence-corrected chi connectivity index (χ1v) is 9.67. The lowest BCUT2D eigenvalue weighted by atomic mass is 10.2. The average Bonchev–Trinajstić information content (AvgIpc) is 3.08. The fourth-order valence-electron chi connectivity index (χ4n) is 3.24. The highest BCUT2D eigenvalue weighted by Gasteiger charge is 2.20. The molecular formula is C23H26N4O2. The molecule has 2 aromatic carbocycles. The molecule has 6 nitrogen and oxygen atoms in total. The molecule has 0 radical (unpaired) electrons. The third-order valence-corrected chi connectivity index (χ3v) is 4.77. The van der Waals surface area contributed by atoms with E-state index in [0.29, 0.717) is 12.4 Å². The number of hydrogen-bond acceptors (Lipinski definition) is 3. The zero-order chi connectivity index (χ0) is 20.8. The number of rotatable bonds is 8. The number of carbonyl (C=O) groups excluding carboxylic acids is 2. The fraction of sp³-hybridized carbons (Fsp3) is 0.261. The Labute approximate surface area is 170 Å². The number of aromatic nitrogens is 2. The van der Waals surface area contributed by atoms with Crippen LogP contribution in [-0.2, 0) is 29.2 Å². The second-order valence-electron chi connectivity index (χ2n) is 7.13. The Bertz CT molecular complexity index is 1010. The molecule has 1 N–H and O–H groups in total. The van der Waals surface area contributed by atoms with Gasteiger partial charge in [0, 0.05) is 12.6 Å². The zero-order valence-electron chi connectivity index (χ0n) is 16.8. The van der Waals surface area contributed by atoms with Crippen LogP contribution in [0.25, 0.3) is 11.0 Å². The van der Waals surface area contributed by atoms with Gasteiger partial charge < -0.3 is 14.8 Å². The van der Waals surface area contributed by atoms with Gasteiger partial charge in [-0.1, -0.05) is 49.0 Å². The maximum atomic E-state index is 13.2. The lowest BCUT2D eigenvalue weighted by Crippen LogP contribution is -2.39. The quantitative estimate of drug-likeness (QED) is 0.600. The summed E-state index contributed by atoms with van der Waals surface area (Å²) < 4.78 is 1.88. The molecule has 0 aliphatic heterocycles. The van der Waals surface area contributed by atoms with Crippen LogP contribution in [-0.4, -0.2) is 32.3 Å². The molecule has 0 fully saturated rings. The van der Waals surface area contributed by atoms with Crippen molar-refractivity contribution in [2.45, 2.75) is 39.5 Å². The highest BCUT2D eigenvalue weighted by atomic mass is 16.2. The molecule has 3 aromatic rings. The van der Waals surface area contributed by atoms with Gasteiger partial charge in [0.05, 0.1) is 17.6 Å². The van der Waals surface area contributed by atoms with E-state index in [0.717, 1.165) is 16.6 Å². The molecule has 0 atom stereocenters. The molecule has 150 valence electrons. The third kappa shape index (κ3) is 4.90. The van der Waals surface area contributed by atoms with Crippen LogP contribution in [0.1, 0.15) is 25.2 Å². The first kappa shape index (κ1) is 20.3. The maximum Gasteiger partial charge on any atom is 0.243 e. The van der Waals surface area contributed by atoms with Gasteiger partial charge in [-0.2, -0.15) is 0 Å². The zero-order valence-corrected chi connectivity index (χ0v) is 16.8. The van der Waals surface area contributed by atoms with E-state index in [1.165, 1.54) is 6.08 Å². The lowest BCUT2D eigenvalue weighted by Gasteiger charge is -2.27. The molecule has 1 aromatic heterocycles. The smallest absolute Gasteiger partial charge is 0.243 e. The van der Waals surface area contributed by atoms with Crippen LogP contribution in [0.5, 0.6) is 0 Å². The highest BCUT2D eigenvalue weighted by Crippen LogP contribution is 2.18. The summed E-state index contributed by atoms with van der Waals surface area (Å²) in [6, 6.07) is 17.7. The van der Waals surface area contributed by atoms with Crippen molar-refractivity contribution in [1.82, 2.24) is 19.8 Å². The largest absolute Gasteiger partial charge is 0.345 e. The first-order valence-electron chi connectivity index (χ1n) is 9.67. The Morgan fingerprint density at radius 1 is 1.14 bits per heavy atom. The third-order valence-electron chi connectivity index (χ3n) is 4.77. The Morgan fingerprint density at radius 3 is 2.52 bits per heavy atom. The Balaban J connectivity index is 1.87. The molecule has 0 saturated heterocycles. The summed E-state index contributed by atoms with van der Waals surface area (Å²) in [6.45, 7) is 8.43. The average molecular weight is 390 g/mol. The molecule has 2 amide bonds. The van der Waals surface area contributed by atoms with E-state index in [9.17, 15) is 9.59 Å². The summed E-state index contributed by atoms with van der Waals surface area (Å²) >= 11 is 0. The molecule has 29 heavy (non-hydrogen) atoms. The van der Waals surface area contributed by atoms with Gasteiger partial charge in [0.25, 0.3) is 0 Å². The van der Waals surface area contributed by atoms with Crippen molar-refractivity contribution in [1.29, 1.82) is 0 Å². The number of amides is 2.